The highest BCUT2D eigenvalue weighted by atomic mass is 16.5. The van der Waals surface area contributed by atoms with E-state index in [-0.39, 0.29) is 6.03 Å². The maximum absolute atomic E-state index is 12.0. The monoisotopic (exact) mass is 357 g/mol. The van der Waals surface area contributed by atoms with E-state index in [1.807, 2.05) is 36.4 Å². The van der Waals surface area contributed by atoms with Gasteiger partial charge in [0.15, 0.2) is 0 Å². The number of ether oxygens (including phenoxy) is 1. The van der Waals surface area contributed by atoms with Gasteiger partial charge in [-0.25, -0.2) is 4.79 Å². The number of furan rings is 1. The van der Waals surface area contributed by atoms with Gasteiger partial charge in [0.2, 0.25) is 0 Å². The third-order valence-corrected chi connectivity index (χ3v) is 4.55. The minimum Gasteiger partial charge on any atom is -0.464 e. The maximum Gasteiger partial charge on any atom is 0.319 e. The van der Waals surface area contributed by atoms with E-state index in [2.05, 4.69) is 22.6 Å². The first-order valence-corrected chi connectivity index (χ1v) is 9.19. The van der Waals surface area contributed by atoms with E-state index < -0.39 is 0 Å². The molecule has 0 aliphatic carbocycles. The molecule has 0 atom stereocenters. The van der Waals surface area contributed by atoms with Gasteiger partial charge in [-0.1, -0.05) is 12.1 Å². The molecule has 1 saturated heterocycles. The molecule has 6 nitrogen and oxygen atoms in total. The van der Waals surface area contributed by atoms with Crippen molar-refractivity contribution in [1.82, 2.24) is 10.2 Å². The van der Waals surface area contributed by atoms with E-state index in [1.54, 1.807) is 6.26 Å². The molecule has 0 saturated carbocycles. The standard InChI is InChI=1S/C20H27N3O3/c1-23-11-8-18(9-12-23)25-14-4-10-21-20(24)22-17-6-2-5-16(15-17)19-7-3-13-26-19/h2-3,5-7,13,15,18H,4,8-12,14H2,1H3,(H2,21,22,24). The van der Waals surface area contributed by atoms with Crippen molar-refractivity contribution in [2.75, 3.05) is 38.6 Å². The molecule has 3 rings (SSSR count). The number of urea groups is 1. The fourth-order valence-corrected chi connectivity index (χ4v) is 3.04. The Balaban J connectivity index is 1.34. The van der Waals surface area contributed by atoms with Crippen LogP contribution in [0.1, 0.15) is 19.3 Å². The van der Waals surface area contributed by atoms with Gasteiger partial charge < -0.3 is 24.7 Å². The lowest BCUT2D eigenvalue weighted by Gasteiger charge is -2.28. The van der Waals surface area contributed by atoms with Crippen molar-refractivity contribution in [2.24, 2.45) is 0 Å². The van der Waals surface area contributed by atoms with Crippen LogP contribution in [0, 0.1) is 0 Å². The Labute approximate surface area is 154 Å². The largest absolute Gasteiger partial charge is 0.464 e. The van der Waals surface area contributed by atoms with E-state index in [0.29, 0.717) is 19.3 Å². The van der Waals surface area contributed by atoms with Gasteiger partial charge in [-0.05, 0) is 50.6 Å². The van der Waals surface area contributed by atoms with Crippen LogP contribution >= 0.6 is 0 Å². The molecule has 140 valence electrons. The van der Waals surface area contributed by atoms with Crippen LogP contribution in [0.25, 0.3) is 11.3 Å². The third kappa shape index (κ3) is 5.61. The Morgan fingerprint density at radius 3 is 2.88 bits per heavy atom. The summed E-state index contributed by atoms with van der Waals surface area (Å²) in [7, 11) is 2.14. The average Bonchev–Trinajstić information content (AvgIpc) is 3.18. The second kappa shape index (κ2) is 9.40. The van der Waals surface area contributed by atoms with Crippen molar-refractivity contribution < 1.29 is 13.9 Å². The first-order valence-electron chi connectivity index (χ1n) is 9.19. The summed E-state index contributed by atoms with van der Waals surface area (Å²) in [5, 5.41) is 5.72. The minimum atomic E-state index is -0.208. The molecule has 1 aromatic heterocycles. The number of carbonyl (C=O) groups is 1. The summed E-state index contributed by atoms with van der Waals surface area (Å²) in [6, 6.07) is 11.1. The molecule has 2 N–H and O–H groups in total. The van der Waals surface area contributed by atoms with Crippen LogP contribution in [0.2, 0.25) is 0 Å². The van der Waals surface area contributed by atoms with Crippen molar-refractivity contribution in [3.05, 3.63) is 42.7 Å². The predicted molar refractivity (Wildman–Crippen MR) is 102 cm³/mol. The number of amides is 2. The van der Waals surface area contributed by atoms with Crippen molar-refractivity contribution in [2.45, 2.75) is 25.4 Å². The molecule has 1 fully saturated rings. The van der Waals surface area contributed by atoms with Crippen LogP contribution < -0.4 is 10.6 Å². The molecule has 6 heteroatoms. The molecule has 1 aliphatic heterocycles. The van der Waals surface area contributed by atoms with E-state index in [9.17, 15) is 4.79 Å². The van der Waals surface area contributed by atoms with Gasteiger partial charge >= 0.3 is 6.03 Å². The molecule has 1 aliphatic rings. The Hall–Kier alpha value is -2.31. The SMILES string of the molecule is CN1CCC(OCCCNC(=O)Nc2cccc(-c3ccco3)c2)CC1. The number of hydrogen-bond acceptors (Lipinski definition) is 4. The Morgan fingerprint density at radius 1 is 1.27 bits per heavy atom. The van der Waals surface area contributed by atoms with Gasteiger partial charge in [-0.3, -0.25) is 0 Å². The molecule has 0 unspecified atom stereocenters. The molecule has 1 aromatic carbocycles. The average molecular weight is 357 g/mol. The van der Waals surface area contributed by atoms with E-state index in [0.717, 1.165) is 49.4 Å². The summed E-state index contributed by atoms with van der Waals surface area (Å²) < 4.78 is 11.3. The summed E-state index contributed by atoms with van der Waals surface area (Å²) in [4.78, 5) is 14.3. The second-order valence-electron chi connectivity index (χ2n) is 6.67. The lowest BCUT2D eigenvalue weighted by molar-refractivity contribution is 0.0118. The molecular weight excluding hydrogens is 330 g/mol. The van der Waals surface area contributed by atoms with Crippen LogP contribution in [0.3, 0.4) is 0 Å². The van der Waals surface area contributed by atoms with Crippen molar-refractivity contribution >= 4 is 11.7 Å². The molecule has 2 heterocycles. The summed E-state index contributed by atoms with van der Waals surface area (Å²) in [6.45, 7) is 3.48. The van der Waals surface area contributed by atoms with Gasteiger partial charge in [-0.2, -0.15) is 0 Å². The van der Waals surface area contributed by atoms with Crippen LogP contribution in [0.5, 0.6) is 0 Å². The summed E-state index contributed by atoms with van der Waals surface area (Å²) >= 11 is 0. The van der Waals surface area contributed by atoms with Crippen molar-refractivity contribution in [3.63, 3.8) is 0 Å². The van der Waals surface area contributed by atoms with E-state index in [1.165, 1.54) is 0 Å². The number of piperidine rings is 1. The Bertz CT molecular complexity index is 679. The minimum absolute atomic E-state index is 0.208. The molecular formula is C20H27N3O3. The number of carbonyl (C=O) groups excluding carboxylic acids is 1. The number of benzene rings is 1. The summed E-state index contributed by atoms with van der Waals surface area (Å²) in [6.07, 6.45) is 5.00. The van der Waals surface area contributed by atoms with Crippen molar-refractivity contribution in [3.8, 4) is 11.3 Å². The van der Waals surface area contributed by atoms with Gasteiger partial charge in [0.25, 0.3) is 0 Å². The number of rotatable bonds is 7. The van der Waals surface area contributed by atoms with Crippen LogP contribution in [-0.2, 0) is 4.74 Å². The molecule has 2 amide bonds. The Kier molecular flexibility index (Phi) is 6.68. The van der Waals surface area contributed by atoms with Crippen molar-refractivity contribution in [1.29, 1.82) is 0 Å². The number of hydrogen-bond donors (Lipinski definition) is 2. The topological polar surface area (TPSA) is 66.7 Å². The lowest BCUT2D eigenvalue weighted by atomic mass is 10.1. The first kappa shape index (κ1) is 18.5. The van der Waals surface area contributed by atoms with Gasteiger partial charge in [-0.15, -0.1) is 0 Å². The number of nitrogens with one attached hydrogen (secondary N) is 2. The zero-order chi connectivity index (χ0) is 18.2. The normalized spacial score (nSPS) is 15.7. The first-order chi connectivity index (χ1) is 12.7. The van der Waals surface area contributed by atoms with Gasteiger partial charge in [0, 0.05) is 37.5 Å². The smallest absolute Gasteiger partial charge is 0.319 e. The molecule has 26 heavy (non-hydrogen) atoms. The highest BCUT2D eigenvalue weighted by molar-refractivity contribution is 5.89. The molecule has 2 aromatic rings. The highest BCUT2D eigenvalue weighted by Crippen LogP contribution is 2.22. The fraction of sp³-hybridized carbons (Fsp3) is 0.450. The van der Waals surface area contributed by atoms with Gasteiger partial charge in [0.1, 0.15) is 5.76 Å². The quantitative estimate of drug-likeness (QED) is 0.744. The maximum atomic E-state index is 12.0. The second-order valence-corrected chi connectivity index (χ2v) is 6.67. The number of nitrogens with zero attached hydrogens (tertiary/aromatic N) is 1. The van der Waals surface area contributed by atoms with Crippen LogP contribution in [-0.4, -0.2) is 50.3 Å². The lowest BCUT2D eigenvalue weighted by Crippen LogP contribution is -2.35. The fourth-order valence-electron chi connectivity index (χ4n) is 3.04. The van der Waals surface area contributed by atoms with Crippen LogP contribution in [0.15, 0.2) is 47.1 Å². The molecule has 0 spiro atoms. The van der Waals surface area contributed by atoms with E-state index >= 15 is 0 Å². The molecule has 0 radical (unpaired) electrons. The highest BCUT2D eigenvalue weighted by Gasteiger charge is 2.16. The number of likely N-dealkylation sites (tertiary alicyclic amines) is 1. The summed E-state index contributed by atoms with van der Waals surface area (Å²) in [5.41, 5.74) is 1.67. The number of anilines is 1. The summed E-state index contributed by atoms with van der Waals surface area (Å²) in [5.74, 6) is 0.778. The van der Waals surface area contributed by atoms with E-state index in [4.69, 9.17) is 9.15 Å². The zero-order valence-corrected chi connectivity index (χ0v) is 15.2. The third-order valence-electron chi connectivity index (χ3n) is 4.55. The Morgan fingerprint density at radius 2 is 2.12 bits per heavy atom. The molecule has 0 bridgehead atoms. The van der Waals surface area contributed by atoms with Gasteiger partial charge in [0.05, 0.1) is 12.4 Å². The predicted octanol–water partition coefficient (Wildman–Crippen LogP) is 3.57. The zero-order valence-electron chi connectivity index (χ0n) is 15.2. The van der Waals surface area contributed by atoms with Crippen LogP contribution in [0.4, 0.5) is 10.5 Å².